The second-order valence-corrected chi connectivity index (χ2v) is 4.82. The molecule has 0 spiro atoms. The Balaban J connectivity index is 2.81. The predicted molar refractivity (Wildman–Crippen MR) is 68.1 cm³/mol. The van der Waals surface area contributed by atoms with Crippen molar-refractivity contribution >= 4 is 23.4 Å². The molecule has 0 radical (unpaired) electrons. The zero-order valence-electron chi connectivity index (χ0n) is 9.73. The Kier molecular flexibility index (Phi) is 4.68. The lowest BCUT2D eigenvalue weighted by Crippen LogP contribution is -2.34. The first-order valence-corrected chi connectivity index (χ1v) is 6.40. The topological polar surface area (TPSA) is 49.3 Å². The normalized spacial score (nSPS) is 12.5. The molecule has 88 valence electrons. The number of anilines is 1. The van der Waals surface area contributed by atoms with E-state index in [1.807, 2.05) is 44.4 Å². The number of nitrogens with one attached hydrogen (secondary N) is 1. The molecule has 0 amide bonds. The van der Waals surface area contributed by atoms with Crippen LogP contribution in [0.1, 0.15) is 13.8 Å². The smallest absolute Gasteiger partial charge is 0.326 e. The first-order chi connectivity index (χ1) is 7.54. The van der Waals surface area contributed by atoms with E-state index in [1.54, 1.807) is 11.8 Å². The minimum absolute atomic E-state index is 0.0513. The lowest BCUT2D eigenvalue weighted by molar-refractivity contribution is -0.138. The van der Waals surface area contributed by atoms with Gasteiger partial charge in [-0.05, 0) is 30.4 Å². The fraction of sp³-hybridized carbons (Fsp3) is 0.417. The molecule has 1 aromatic rings. The van der Waals surface area contributed by atoms with Gasteiger partial charge in [-0.25, -0.2) is 4.79 Å². The first-order valence-electron chi connectivity index (χ1n) is 5.18. The number of benzene rings is 1. The third-order valence-electron chi connectivity index (χ3n) is 2.32. The maximum Gasteiger partial charge on any atom is 0.326 e. The van der Waals surface area contributed by atoms with Gasteiger partial charge in [0.1, 0.15) is 6.04 Å². The molecule has 4 heteroatoms. The molecule has 0 heterocycles. The van der Waals surface area contributed by atoms with Gasteiger partial charge >= 0.3 is 5.97 Å². The molecule has 1 unspecified atom stereocenters. The van der Waals surface area contributed by atoms with Gasteiger partial charge in [-0.15, -0.1) is 11.8 Å². The van der Waals surface area contributed by atoms with Gasteiger partial charge in [-0.1, -0.05) is 19.9 Å². The molecule has 3 nitrogen and oxygen atoms in total. The van der Waals surface area contributed by atoms with Crippen molar-refractivity contribution in [1.29, 1.82) is 0 Å². The van der Waals surface area contributed by atoms with Crippen LogP contribution in [0.4, 0.5) is 5.69 Å². The van der Waals surface area contributed by atoms with E-state index in [9.17, 15) is 4.79 Å². The number of hydrogen-bond donors (Lipinski definition) is 2. The number of aliphatic carboxylic acids is 1. The molecule has 0 saturated heterocycles. The molecule has 0 bridgehead atoms. The van der Waals surface area contributed by atoms with Crippen molar-refractivity contribution in [3.8, 4) is 0 Å². The van der Waals surface area contributed by atoms with E-state index in [2.05, 4.69) is 5.32 Å². The van der Waals surface area contributed by atoms with E-state index in [0.717, 1.165) is 10.6 Å². The van der Waals surface area contributed by atoms with Crippen molar-refractivity contribution in [3.63, 3.8) is 0 Å². The van der Waals surface area contributed by atoms with Crippen LogP contribution in [-0.2, 0) is 4.79 Å². The molecular weight excluding hydrogens is 222 g/mol. The highest BCUT2D eigenvalue weighted by atomic mass is 32.2. The molecule has 0 aliphatic heterocycles. The fourth-order valence-electron chi connectivity index (χ4n) is 1.41. The molecule has 0 saturated carbocycles. The molecule has 2 N–H and O–H groups in total. The van der Waals surface area contributed by atoms with Crippen LogP contribution in [0, 0.1) is 5.92 Å². The van der Waals surface area contributed by atoms with Crippen LogP contribution < -0.4 is 5.32 Å². The van der Waals surface area contributed by atoms with Crippen LogP contribution in [0.2, 0.25) is 0 Å². The molecular formula is C12H17NO2S. The highest BCUT2D eigenvalue weighted by Gasteiger charge is 2.20. The monoisotopic (exact) mass is 239 g/mol. The summed E-state index contributed by atoms with van der Waals surface area (Å²) in [4.78, 5) is 12.2. The van der Waals surface area contributed by atoms with Crippen LogP contribution in [0.15, 0.2) is 29.2 Å². The maximum absolute atomic E-state index is 11.0. The number of thioether (sulfide) groups is 1. The molecule has 16 heavy (non-hydrogen) atoms. The van der Waals surface area contributed by atoms with Crippen LogP contribution in [0.3, 0.4) is 0 Å². The third kappa shape index (κ3) is 3.45. The van der Waals surface area contributed by atoms with Gasteiger partial charge in [-0.3, -0.25) is 0 Å². The molecule has 0 aromatic heterocycles. The van der Waals surface area contributed by atoms with E-state index >= 15 is 0 Å². The summed E-state index contributed by atoms with van der Waals surface area (Å²) < 4.78 is 0. The molecule has 0 aliphatic rings. The summed E-state index contributed by atoms with van der Waals surface area (Å²) in [6.07, 6.45) is 2.00. The van der Waals surface area contributed by atoms with E-state index in [4.69, 9.17) is 5.11 Å². The van der Waals surface area contributed by atoms with Gasteiger partial charge in [-0.2, -0.15) is 0 Å². The fourth-order valence-corrected chi connectivity index (χ4v) is 1.87. The van der Waals surface area contributed by atoms with Gasteiger partial charge in [0, 0.05) is 10.6 Å². The highest BCUT2D eigenvalue weighted by molar-refractivity contribution is 7.98. The van der Waals surface area contributed by atoms with Crippen molar-refractivity contribution in [2.24, 2.45) is 5.92 Å². The summed E-state index contributed by atoms with van der Waals surface area (Å²) in [5, 5.41) is 12.1. The molecule has 1 rings (SSSR count). The Morgan fingerprint density at radius 1 is 1.44 bits per heavy atom. The zero-order chi connectivity index (χ0) is 12.1. The first kappa shape index (κ1) is 12.9. The van der Waals surface area contributed by atoms with Crippen LogP contribution in [0.5, 0.6) is 0 Å². The Labute approximate surface area is 100 Å². The van der Waals surface area contributed by atoms with Crippen LogP contribution in [0.25, 0.3) is 0 Å². The summed E-state index contributed by atoms with van der Waals surface area (Å²) in [7, 11) is 0. The van der Waals surface area contributed by atoms with E-state index in [1.165, 1.54) is 0 Å². The highest BCUT2D eigenvalue weighted by Crippen LogP contribution is 2.20. The zero-order valence-corrected chi connectivity index (χ0v) is 10.5. The van der Waals surface area contributed by atoms with Gasteiger partial charge in [0.2, 0.25) is 0 Å². The number of carboxylic acid groups (broad SMARTS) is 1. The summed E-state index contributed by atoms with van der Waals surface area (Å²) in [6, 6.07) is 7.23. The van der Waals surface area contributed by atoms with Crippen LogP contribution in [-0.4, -0.2) is 23.4 Å². The van der Waals surface area contributed by atoms with Gasteiger partial charge in [0.05, 0.1) is 0 Å². The summed E-state index contributed by atoms with van der Waals surface area (Å²) in [6.45, 7) is 3.79. The van der Waals surface area contributed by atoms with E-state index in [-0.39, 0.29) is 5.92 Å². The average Bonchev–Trinajstić information content (AvgIpc) is 2.25. The Bertz CT molecular complexity index is 366. The largest absolute Gasteiger partial charge is 0.480 e. The molecule has 1 atom stereocenters. The lowest BCUT2D eigenvalue weighted by atomic mass is 10.0. The van der Waals surface area contributed by atoms with Crippen molar-refractivity contribution in [2.75, 3.05) is 11.6 Å². The minimum Gasteiger partial charge on any atom is -0.480 e. The van der Waals surface area contributed by atoms with Crippen molar-refractivity contribution < 1.29 is 9.90 Å². The Hall–Kier alpha value is -1.16. The Morgan fingerprint density at radius 3 is 2.62 bits per heavy atom. The quantitative estimate of drug-likeness (QED) is 0.776. The molecule has 0 aliphatic carbocycles. The van der Waals surface area contributed by atoms with E-state index in [0.29, 0.717) is 0 Å². The number of carbonyl (C=O) groups is 1. The lowest BCUT2D eigenvalue weighted by Gasteiger charge is -2.19. The SMILES string of the molecule is CSc1cccc(NC(C(=O)O)C(C)C)c1. The summed E-state index contributed by atoms with van der Waals surface area (Å²) >= 11 is 1.64. The second-order valence-electron chi connectivity index (χ2n) is 3.94. The van der Waals surface area contributed by atoms with Gasteiger partial charge in [0.25, 0.3) is 0 Å². The van der Waals surface area contributed by atoms with Crippen molar-refractivity contribution in [1.82, 2.24) is 0 Å². The van der Waals surface area contributed by atoms with Crippen molar-refractivity contribution in [2.45, 2.75) is 24.8 Å². The van der Waals surface area contributed by atoms with Gasteiger partial charge < -0.3 is 10.4 Å². The average molecular weight is 239 g/mol. The standard InChI is InChI=1S/C12H17NO2S/c1-8(2)11(12(14)15)13-9-5-4-6-10(7-9)16-3/h4-8,11,13H,1-3H3,(H,14,15). The number of carboxylic acids is 1. The second kappa shape index (κ2) is 5.80. The molecule has 0 fully saturated rings. The van der Waals surface area contributed by atoms with Crippen molar-refractivity contribution in [3.05, 3.63) is 24.3 Å². The summed E-state index contributed by atoms with van der Waals surface area (Å²) in [5.74, 6) is -0.764. The van der Waals surface area contributed by atoms with Gasteiger partial charge in [0.15, 0.2) is 0 Å². The summed E-state index contributed by atoms with van der Waals surface area (Å²) in [5.41, 5.74) is 0.855. The maximum atomic E-state index is 11.0. The number of rotatable bonds is 5. The third-order valence-corrected chi connectivity index (χ3v) is 3.05. The number of hydrogen-bond acceptors (Lipinski definition) is 3. The van der Waals surface area contributed by atoms with E-state index < -0.39 is 12.0 Å². The van der Waals surface area contributed by atoms with Crippen LogP contribution >= 0.6 is 11.8 Å². The predicted octanol–water partition coefficient (Wildman–Crippen LogP) is 2.93. The minimum atomic E-state index is -0.815. The molecule has 1 aromatic carbocycles. The Morgan fingerprint density at radius 2 is 2.12 bits per heavy atom.